The number of hydrogen-bond donors (Lipinski definition) is 2. The Bertz CT molecular complexity index is 429. The highest BCUT2D eigenvalue weighted by molar-refractivity contribution is 9.10. The van der Waals surface area contributed by atoms with Crippen molar-refractivity contribution < 1.29 is 9.84 Å². The number of benzene rings is 1. The van der Waals surface area contributed by atoms with Gasteiger partial charge in [0.15, 0.2) is 0 Å². The zero-order valence-corrected chi connectivity index (χ0v) is 15.0. The highest BCUT2D eigenvalue weighted by Crippen LogP contribution is 2.29. The largest absolute Gasteiger partial charge is 0.389 e. The van der Waals surface area contributed by atoms with E-state index in [1.54, 1.807) is 7.11 Å². The van der Waals surface area contributed by atoms with Gasteiger partial charge in [-0.2, -0.15) is 0 Å². The van der Waals surface area contributed by atoms with Crippen molar-refractivity contribution in [2.45, 2.75) is 32.4 Å². The SMILES string of the molecule is CCCNC(C)c1ccc(Br)cc1N(C)CC(O)COC. The van der Waals surface area contributed by atoms with Gasteiger partial charge in [0.05, 0.1) is 12.7 Å². The van der Waals surface area contributed by atoms with Crippen LogP contribution in [0, 0.1) is 0 Å². The van der Waals surface area contributed by atoms with Gasteiger partial charge >= 0.3 is 0 Å². The summed E-state index contributed by atoms with van der Waals surface area (Å²) in [4.78, 5) is 2.08. The van der Waals surface area contributed by atoms with Gasteiger partial charge in [-0.1, -0.05) is 28.9 Å². The Morgan fingerprint density at radius 3 is 2.76 bits per heavy atom. The number of nitrogens with one attached hydrogen (secondary N) is 1. The van der Waals surface area contributed by atoms with Gasteiger partial charge in [0, 0.05) is 36.9 Å². The van der Waals surface area contributed by atoms with Crippen molar-refractivity contribution in [1.29, 1.82) is 0 Å². The molecule has 0 spiro atoms. The second-order valence-corrected chi connectivity index (χ2v) is 6.28. The summed E-state index contributed by atoms with van der Waals surface area (Å²) in [6, 6.07) is 6.56. The molecular formula is C16H27BrN2O2. The molecule has 0 radical (unpaired) electrons. The Balaban J connectivity index is 2.90. The molecule has 5 heteroatoms. The third-order valence-electron chi connectivity index (χ3n) is 3.41. The van der Waals surface area contributed by atoms with Gasteiger partial charge in [0.25, 0.3) is 0 Å². The molecule has 0 aromatic heterocycles. The van der Waals surface area contributed by atoms with E-state index in [1.807, 2.05) is 7.05 Å². The van der Waals surface area contributed by atoms with Gasteiger partial charge < -0.3 is 20.1 Å². The number of anilines is 1. The lowest BCUT2D eigenvalue weighted by Crippen LogP contribution is -2.33. The summed E-state index contributed by atoms with van der Waals surface area (Å²) in [5.41, 5.74) is 2.36. The maximum Gasteiger partial charge on any atom is 0.0947 e. The Hall–Kier alpha value is -0.620. The predicted molar refractivity (Wildman–Crippen MR) is 92.0 cm³/mol. The van der Waals surface area contributed by atoms with Crippen LogP contribution < -0.4 is 10.2 Å². The molecule has 21 heavy (non-hydrogen) atoms. The van der Waals surface area contributed by atoms with Crippen LogP contribution in [0.1, 0.15) is 31.9 Å². The van der Waals surface area contributed by atoms with Crippen molar-refractivity contribution in [3.8, 4) is 0 Å². The van der Waals surface area contributed by atoms with Crippen LogP contribution in [0.3, 0.4) is 0 Å². The number of aliphatic hydroxyl groups excluding tert-OH is 1. The van der Waals surface area contributed by atoms with Crippen LogP contribution in [0.4, 0.5) is 5.69 Å². The van der Waals surface area contributed by atoms with Crippen molar-refractivity contribution >= 4 is 21.6 Å². The van der Waals surface area contributed by atoms with Gasteiger partial charge in [-0.3, -0.25) is 0 Å². The standard InChI is InChI=1S/C16H27BrN2O2/c1-5-8-18-12(2)15-7-6-13(17)9-16(15)19(3)10-14(20)11-21-4/h6-7,9,12,14,18,20H,5,8,10-11H2,1-4H3. The topological polar surface area (TPSA) is 44.7 Å². The molecule has 4 nitrogen and oxygen atoms in total. The fourth-order valence-electron chi connectivity index (χ4n) is 2.34. The average molecular weight is 359 g/mol. The van der Waals surface area contributed by atoms with E-state index in [9.17, 15) is 5.11 Å². The smallest absolute Gasteiger partial charge is 0.0947 e. The minimum absolute atomic E-state index is 0.273. The number of ether oxygens (including phenoxy) is 1. The Morgan fingerprint density at radius 2 is 2.14 bits per heavy atom. The van der Waals surface area contributed by atoms with Gasteiger partial charge in [-0.25, -0.2) is 0 Å². The molecule has 2 atom stereocenters. The maximum absolute atomic E-state index is 9.93. The third kappa shape index (κ3) is 5.94. The number of hydrogen-bond acceptors (Lipinski definition) is 4. The fraction of sp³-hybridized carbons (Fsp3) is 0.625. The monoisotopic (exact) mass is 358 g/mol. The molecule has 1 aromatic carbocycles. The van der Waals surface area contributed by atoms with E-state index < -0.39 is 6.10 Å². The first-order valence-electron chi connectivity index (χ1n) is 7.40. The van der Waals surface area contributed by atoms with Gasteiger partial charge in [0.1, 0.15) is 0 Å². The number of nitrogens with zero attached hydrogens (tertiary/aromatic N) is 1. The van der Waals surface area contributed by atoms with E-state index in [2.05, 4.69) is 58.2 Å². The lowest BCUT2D eigenvalue weighted by molar-refractivity contribution is 0.0695. The molecule has 0 heterocycles. The fourth-order valence-corrected chi connectivity index (χ4v) is 2.69. The van der Waals surface area contributed by atoms with E-state index in [1.165, 1.54) is 5.56 Å². The molecular weight excluding hydrogens is 332 g/mol. The van der Waals surface area contributed by atoms with Crippen LogP contribution in [0.2, 0.25) is 0 Å². The molecule has 120 valence electrons. The minimum atomic E-state index is -0.495. The first-order valence-corrected chi connectivity index (χ1v) is 8.19. The summed E-state index contributed by atoms with van der Waals surface area (Å²) in [6.45, 7) is 6.21. The first kappa shape index (κ1) is 18.4. The molecule has 0 saturated carbocycles. The van der Waals surface area contributed by atoms with Crippen LogP contribution in [0.15, 0.2) is 22.7 Å². The number of halogens is 1. The molecule has 2 N–H and O–H groups in total. The summed E-state index contributed by atoms with van der Waals surface area (Å²) in [5.74, 6) is 0. The molecule has 0 aliphatic carbocycles. The van der Waals surface area contributed by atoms with E-state index >= 15 is 0 Å². The summed E-state index contributed by atoms with van der Waals surface area (Å²) >= 11 is 3.53. The van der Waals surface area contributed by atoms with E-state index in [4.69, 9.17) is 4.74 Å². The molecule has 0 aliphatic heterocycles. The summed E-state index contributed by atoms with van der Waals surface area (Å²) in [7, 11) is 3.60. The Morgan fingerprint density at radius 1 is 1.43 bits per heavy atom. The van der Waals surface area contributed by atoms with Crippen LogP contribution in [0.25, 0.3) is 0 Å². The first-order chi connectivity index (χ1) is 9.99. The zero-order valence-electron chi connectivity index (χ0n) is 13.4. The highest BCUT2D eigenvalue weighted by atomic mass is 79.9. The van der Waals surface area contributed by atoms with Crippen molar-refractivity contribution in [2.75, 3.05) is 38.8 Å². The molecule has 1 rings (SSSR count). The van der Waals surface area contributed by atoms with E-state index in [0.29, 0.717) is 13.2 Å². The van der Waals surface area contributed by atoms with Crippen molar-refractivity contribution in [1.82, 2.24) is 5.32 Å². The van der Waals surface area contributed by atoms with Crippen LogP contribution in [0.5, 0.6) is 0 Å². The number of likely N-dealkylation sites (N-methyl/N-ethyl adjacent to an activating group) is 1. The summed E-state index contributed by atoms with van der Waals surface area (Å²) in [5, 5.41) is 13.4. The molecule has 0 amide bonds. The van der Waals surface area contributed by atoms with E-state index in [-0.39, 0.29) is 6.04 Å². The molecule has 2 unspecified atom stereocenters. The number of aliphatic hydroxyl groups is 1. The predicted octanol–water partition coefficient (Wildman–Crippen LogP) is 2.95. The quantitative estimate of drug-likeness (QED) is 0.712. The molecule has 0 fully saturated rings. The number of methoxy groups -OCH3 is 1. The zero-order chi connectivity index (χ0) is 15.8. The average Bonchev–Trinajstić information content (AvgIpc) is 2.44. The second-order valence-electron chi connectivity index (χ2n) is 5.37. The Labute approximate surface area is 136 Å². The molecule has 1 aromatic rings. The normalized spacial score (nSPS) is 14.0. The van der Waals surface area contributed by atoms with Crippen molar-refractivity contribution in [2.24, 2.45) is 0 Å². The van der Waals surface area contributed by atoms with Gasteiger partial charge in [-0.05, 0) is 37.6 Å². The third-order valence-corrected chi connectivity index (χ3v) is 3.91. The maximum atomic E-state index is 9.93. The molecule has 0 aliphatic rings. The lowest BCUT2D eigenvalue weighted by Gasteiger charge is -2.27. The van der Waals surface area contributed by atoms with E-state index in [0.717, 1.165) is 23.1 Å². The Kier molecular flexibility index (Phi) is 8.26. The van der Waals surface area contributed by atoms with Crippen LogP contribution >= 0.6 is 15.9 Å². The van der Waals surface area contributed by atoms with Crippen LogP contribution in [-0.2, 0) is 4.74 Å². The van der Waals surface area contributed by atoms with Crippen molar-refractivity contribution in [3.05, 3.63) is 28.2 Å². The lowest BCUT2D eigenvalue weighted by atomic mass is 10.0. The summed E-state index contributed by atoms with van der Waals surface area (Å²) < 4.78 is 6.04. The van der Waals surface area contributed by atoms with Crippen LogP contribution in [-0.4, -0.2) is 45.1 Å². The molecule has 0 saturated heterocycles. The summed E-state index contributed by atoms with van der Waals surface area (Å²) in [6.07, 6.45) is 0.615. The minimum Gasteiger partial charge on any atom is -0.389 e. The number of rotatable bonds is 9. The molecule has 0 bridgehead atoms. The van der Waals surface area contributed by atoms with Crippen molar-refractivity contribution in [3.63, 3.8) is 0 Å². The highest BCUT2D eigenvalue weighted by Gasteiger charge is 2.16. The van der Waals surface area contributed by atoms with Gasteiger partial charge in [0.2, 0.25) is 0 Å². The van der Waals surface area contributed by atoms with Gasteiger partial charge in [-0.15, -0.1) is 0 Å². The second kappa shape index (κ2) is 9.41.